The zero-order valence-corrected chi connectivity index (χ0v) is 12.8. The van der Waals surface area contributed by atoms with Gasteiger partial charge in [-0.05, 0) is 30.5 Å². The van der Waals surface area contributed by atoms with Gasteiger partial charge in [-0.15, -0.1) is 0 Å². The first-order valence-electron chi connectivity index (χ1n) is 7.16. The number of hydrogen-bond donors (Lipinski definition) is 2. The summed E-state index contributed by atoms with van der Waals surface area (Å²) in [6.45, 7) is 7.61. The molecule has 0 saturated carbocycles. The molecule has 0 saturated heterocycles. The van der Waals surface area contributed by atoms with Crippen LogP contribution in [0.2, 0.25) is 0 Å². The molecular weight excluding hydrogens is 264 g/mol. The van der Waals surface area contributed by atoms with Gasteiger partial charge in [-0.3, -0.25) is 0 Å². The van der Waals surface area contributed by atoms with Crippen molar-refractivity contribution in [2.75, 3.05) is 5.32 Å². The van der Waals surface area contributed by atoms with Crippen molar-refractivity contribution in [3.05, 3.63) is 48.0 Å². The molecule has 5 heteroatoms. The predicted molar refractivity (Wildman–Crippen MR) is 84.1 cm³/mol. The van der Waals surface area contributed by atoms with Crippen LogP contribution in [0.1, 0.15) is 25.2 Å². The maximum Gasteiger partial charge on any atom is 0.319 e. The minimum absolute atomic E-state index is 0.223. The summed E-state index contributed by atoms with van der Waals surface area (Å²) in [4.78, 5) is 16.2. The number of aromatic nitrogens is 2. The van der Waals surface area contributed by atoms with Crippen molar-refractivity contribution in [1.29, 1.82) is 0 Å². The Morgan fingerprint density at radius 3 is 2.90 bits per heavy atom. The second-order valence-corrected chi connectivity index (χ2v) is 5.57. The minimum Gasteiger partial charge on any atom is -0.333 e. The van der Waals surface area contributed by atoms with Gasteiger partial charge in [-0.1, -0.05) is 26.0 Å². The summed E-state index contributed by atoms with van der Waals surface area (Å²) < 4.78 is 2.07. The van der Waals surface area contributed by atoms with Gasteiger partial charge in [-0.25, -0.2) is 9.78 Å². The molecular formula is C16H22N4O. The number of nitrogens with zero attached hydrogens (tertiary/aromatic N) is 2. The SMILES string of the molecule is Cc1cccc(NC(=O)NCc2nccn2CC(C)C)c1. The van der Waals surface area contributed by atoms with Crippen LogP contribution in [0, 0.1) is 12.8 Å². The summed E-state index contributed by atoms with van der Waals surface area (Å²) >= 11 is 0. The molecule has 0 unspecified atom stereocenters. The third-order valence-electron chi connectivity index (χ3n) is 3.05. The topological polar surface area (TPSA) is 59.0 Å². The van der Waals surface area contributed by atoms with Crippen LogP contribution in [0.3, 0.4) is 0 Å². The summed E-state index contributed by atoms with van der Waals surface area (Å²) in [6, 6.07) is 7.48. The highest BCUT2D eigenvalue weighted by atomic mass is 16.2. The van der Waals surface area contributed by atoms with Crippen LogP contribution in [0.4, 0.5) is 10.5 Å². The lowest BCUT2D eigenvalue weighted by atomic mass is 10.2. The fourth-order valence-corrected chi connectivity index (χ4v) is 2.12. The van der Waals surface area contributed by atoms with Crippen molar-refractivity contribution >= 4 is 11.7 Å². The first-order valence-corrected chi connectivity index (χ1v) is 7.16. The van der Waals surface area contributed by atoms with Crippen molar-refractivity contribution in [3.63, 3.8) is 0 Å². The van der Waals surface area contributed by atoms with Gasteiger partial charge in [-0.2, -0.15) is 0 Å². The number of carbonyl (C=O) groups is 1. The van der Waals surface area contributed by atoms with E-state index in [0.29, 0.717) is 12.5 Å². The molecule has 2 N–H and O–H groups in total. The average molecular weight is 286 g/mol. The molecule has 5 nitrogen and oxygen atoms in total. The number of aryl methyl sites for hydroxylation is 1. The Morgan fingerprint density at radius 1 is 1.38 bits per heavy atom. The molecule has 0 spiro atoms. The highest BCUT2D eigenvalue weighted by molar-refractivity contribution is 5.89. The fourth-order valence-electron chi connectivity index (χ4n) is 2.12. The van der Waals surface area contributed by atoms with E-state index >= 15 is 0 Å². The highest BCUT2D eigenvalue weighted by Gasteiger charge is 2.07. The Bertz CT molecular complexity index is 604. The number of carbonyl (C=O) groups excluding carboxylic acids is 1. The van der Waals surface area contributed by atoms with E-state index in [2.05, 4.69) is 34.0 Å². The molecule has 0 bridgehead atoms. The zero-order chi connectivity index (χ0) is 15.2. The maximum atomic E-state index is 11.9. The predicted octanol–water partition coefficient (Wildman–Crippen LogP) is 3.17. The summed E-state index contributed by atoms with van der Waals surface area (Å²) in [5.74, 6) is 1.40. The molecule has 21 heavy (non-hydrogen) atoms. The zero-order valence-electron chi connectivity index (χ0n) is 12.8. The summed E-state index contributed by atoms with van der Waals surface area (Å²) in [5, 5.41) is 5.65. The van der Waals surface area contributed by atoms with E-state index in [-0.39, 0.29) is 6.03 Å². The summed E-state index contributed by atoms with van der Waals surface area (Å²) in [7, 11) is 0. The standard InChI is InChI=1S/C16H22N4O/c1-12(2)11-20-8-7-17-15(20)10-18-16(21)19-14-6-4-5-13(3)9-14/h4-9,12H,10-11H2,1-3H3,(H2,18,19,21). The Kier molecular flexibility index (Phi) is 4.98. The Morgan fingerprint density at radius 2 is 2.19 bits per heavy atom. The molecule has 0 fully saturated rings. The number of urea groups is 1. The van der Waals surface area contributed by atoms with Crippen molar-refractivity contribution < 1.29 is 4.79 Å². The van der Waals surface area contributed by atoms with Gasteiger partial charge < -0.3 is 15.2 Å². The van der Waals surface area contributed by atoms with E-state index in [0.717, 1.165) is 23.6 Å². The molecule has 0 aliphatic rings. The average Bonchev–Trinajstić information content (AvgIpc) is 2.83. The third-order valence-corrected chi connectivity index (χ3v) is 3.05. The van der Waals surface area contributed by atoms with Gasteiger partial charge in [0.05, 0.1) is 6.54 Å². The van der Waals surface area contributed by atoms with E-state index in [9.17, 15) is 4.79 Å². The van der Waals surface area contributed by atoms with Crippen molar-refractivity contribution in [1.82, 2.24) is 14.9 Å². The van der Waals surface area contributed by atoms with Crippen molar-refractivity contribution in [2.24, 2.45) is 5.92 Å². The molecule has 2 rings (SSSR count). The first kappa shape index (κ1) is 15.1. The van der Waals surface area contributed by atoms with Gasteiger partial charge in [0.15, 0.2) is 0 Å². The van der Waals surface area contributed by atoms with Crippen molar-refractivity contribution in [3.8, 4) is 0 Å². The van der Waals surface area contributed by atoms with Gasteiger partial charge in [0.2, 0.25) is 0 Å². The molecule has 0 aliphatic heterocycles. The summed E-state index contributed by atoms with van der Waals surface area (Å²) in [5.41, 5.74) is 1.90. The molecule has 0 aliphatic carbocycles. The lowest BCUT2D eigenvalue weighted by Gasteiger charge is -2.11. The first-order chi connectivity index (χ1) is 10.0. The van der Waals surface area contributed by atoms with E-state index in [1.165, 1.54) is 0 Å². The van der Waals surface area contributed by atoms with Crippen LogP contribution >= 0.6 is 0 Å². The molecule has 1 aromatic carbocycles. The maximum absolute atomic E-state index is 11.9. The number of amides is 2. The second kappa shape index (κ2) is 6.92. The Balaban J connectivity index is 1.88. The van der Waals surface area contributed by atoms with Crippen LogP contribution in [0.5, 0.6) is 0 Å². The number of nitrogens with one attached hydrogen (secondary N) is 2. The van der Waals surface area contributed by atoms with Crippen LogP contribution in [0.25, 0.3) is 0 Å². The third kappa shape index (κ3) is 4.63. The molecule has 1 heterocycles. The Hall–Kier alpha value is -2.30. The van der Waals surface area contributed by atoms with E-state index in [4.69, 9.17) is 0 Å². The van der Waals surface area contributed by atoms with Crippen LogP contribution in [0.15, 0.2) is 36.7 Å². The number of hydrogen-bond acceptors (Lipinski definition) is 2. The molecule has 112 valence electrons. The van der Waals surface area contributed by atoms with E-state index in [1.54, 1.807) is 6.20 Å². The normalized spacial score (nSPS) is 10.7. The van der Waals surface area contributed by atoms with Gasteiger partial charge >= 0.3 is 6.03 Å². The number of benzene rings is 1. The Labute approximate surface area is 125 Å². The number of rotatable bonds is 5. The molecule has 2 amide bonds. The van der Waals surface area contributed by atoms with E-state index in [1.807, 2.05) is 37.4 Å². The molecule has 0 radical (unpaired) electrons. The molecule has 2 aromatic rings. The van der Waals surface area contributed by atoms with Crippen LogP contribution in [-0.4, -0.2) is 15.6 Å². The molecule has 0 atom stereocenters. The number of anilines is 1. The van der Waals surface area contributed by atoms with Crippen LogP contribution in [-0.2, 0) is 13.1 Å². The lowest BCUT2D eigenvalue weighted by Crippen LogP contribution is -2.29. The van der Waals surface area contributed by atoms with Crippen LogP contribution < -0.4 is 10.6 Å². The van der Waals surface area contributed by atoms with Crippen molar-refractivity contribution in [2.45, 2.75) is 33.9 Å². The fraction of sp³-hybridized carbons (Fsp3) is 0.375. The quantitative estimate of drug-likeness (QED) is 0.887. The van der Waals surface area contributed by atoms with Gasteiger partial charge in [0, 0.05) is 24.6 Å². The number of imidazole rings is 1. The second-order valence-electron chi connectivity index (χ2n) is 5.57. The monoisotopic (exact) mass is 286 g/mol. The minimum atomic E-state index is -0.223. The van der Waals surface area contributed by atoms with Gasteiger partial charge in [0.1, 0.15) is 5.82 Å². The van der Waals surface area contributed by atoms with E-state index < -0.39 is 0 Å². The largest absolute Gasteiger partial charge is 0.333 e. The highest BCUT2D eigenvalue weighted by Crippen LogP contribution is 2.09. The molecule has 1 aromatic heterocycles. The lowest BCUT2D eigenvalue weighted by molar-refractivity contribution is 0.251. The smallest absolute Gasteiger partial charge is 0.319 e. The van der Waals surface area contributed by atoms with Gasteiger partial charge in [0.25, 0.3) is 0 Å². The summed E-state index contributed by atoms with van der Waals surface area (Å²) in [6.07, 6.45) is 3.70.